The second-order valence-corrected chi connectivity index (χ2v) is 5.48. The number of amides is 1. The number of carbonyl (C=O) groups excluding carboxylic acids is 2. The van der Waals surface area contributed by atoms with Crippen LogP contribution in [-0.4, -0.2) is 30.0 Å². The second kappa shape index (κ2) is 7.19. The number of aromatic nitrogens is 1. The Hall–Kier alpha value is -1.69. The minimum Gasteiger partial charge on any atom is -0.461 e. The lowest BCUT2D eigenvalue weighted by molar-refractivity contribution is 0.0526. The Labute approximate surface area is 122 Å². The van der Waals surface area contributed by atoms with E-state index in [1.54, 1.807) is 12.3 Å². The third-order valence-electron chi connectivity index (χ3n) is 3.12. The molecule has 1 atom stereocenters. The van der Waals surface area contributed by atoms with Crippen LogP contribution in [0.3, 0.4) is 0 Å². The van der Waals surface area contributed by atoms with Crippen LogP contribution in [0.15, 0.2) is 17.5 Å². The van der Waals surface area contributed by atoms with Crippen LogP contribution in [0.1, 0.15) is 46.5 Å². The summed E-state index contributed by atoms with van der Waals surface area (Å²) < 4.78 is 4.85. The summed E-state index contributed by atoms with van der Waals surface area (Å²) in [4.78, 5) is 27.4. The number of nitrogens with one attached hydrogen (secondary N) is 1. The number of nitrogens with zero attached hydrogens (tertiary/aromatic N) is 1. The molecule has 1 heterocycles. The molecule has 1 N–H and O–H groups in total. The summed E-state index contributed by atoms with van der Waals surface area (Å²) in [5.41, 5.74) is 0.282. The molecule has 20 heavy (non-hydrogen) atoms. The van der Waals surface area contributed by atoms with Crippen molar-refractivity contribution in [3.05, 3.63) is 28.2 Å². The van der Waals surface area contributed by atoms with Crippen molar-refractivity contribution >= 4 is 23.2 Å². The predicted octanol–water partition coefficient (Wildman–Crippen LogP) is 2.41. The van der Waals surface area contributed by atoms with Crippen molar-refractivity contribution in [2.75, 3.05) is 13.2 Å². The molecule has 0 saturated heterocycles. The van der Waals surface area contributed by atoms with Gasteiger partial charge >= 0.3 is 5.97 Å². The summed E-state index contributed by atoms with van der Waals surface area (Å²) in [7, 11) is 0. The van der Waals surface area contributed by atoms with Crippen LogP contribution < -0.4 is 5.32 Å². The number of hydrogen-bond acceptors (Lipinski definition) is 5. The Bertz CT molecular complexity index is 510. The number of hydrogen-bond donors (Lipinski definition) is 1. The SMILES string of the molecule is CCOC(=O)c1nc(C(=O)NCC2CC=CCC2)cs1. The van der Waals surface area contributed by atoms with Crippen molar-refractivity contribution in [1.82, 2.24) is 10.3 Å². The minimum absolute atomic E-state index is 0.220. The molecule has 0 radical (unpaired) electrons. The first kappa shape index (κ1) is 14.7. The van der Waals surface area contributed by atoms with Gasteiger partial charge in [0.25, 0.3) is 5.91 Å². The summed E-state index contributed by atoms with van der Waals surface area (Å²) in [6, 6.07) is 0. The van der Waals surface area contributed by atoms with E-state index in [9.17, 15) is 9.59 Å². The smallest absolute Gasteiger partial charge is 0.367 e. The summed E-state index contributed by atoms with van der Waals surface area (Å²) in [5.74, 6) is -0.215. The first-order valence-corrected chi connectivity index (χ1v) is 7.64. The summed E-state index contributed by atoms with van der Waals surface area (Å²) in [5, 5.41) is 4.68. The van der Waals surface area contributed by atoms with Crippen LogP contribution >= 0.6 is 11.3 Å². The van der Waals surface area contributed by atoms with Crippen LogP contribution in [0, 0.1) is 5.92 Å². The van der Waals surface area contributed by atoms with Gasteiger partial charge in [0, 0.05) is 11.9 Å². The Balaban J connectivity index is 1.86. The molecule has 0 spiro atoms. The van der Waals surface area contributed by atoms with Gasteiger partial charge in [-0.25, -0.2) is 9.78 Å². The monoisotopic (exact) mass is 294 g/mol. The van der Waals surface area contributed by atoms with E-state index in [1.165, 1.54) is 0 Å². The van der Waals surface area contributed by atoms with Gasteiger partial charge in [-0.2, -0.15) is 0 Å². The van der Waals surface area contributed by atoms with Crippen LogP contribution in [0.25, 0.3) is 0 Å². The third kappa shape index (κ3) is 3.90. The lowest BCUT2D eigenvalue weighted by Gasteiger charge is -2.17. The third-order valence-corrected chi connectivity index (χ3v) is 3.94. The molecule has 0 bridgehead atoms. The molecular formula is C14H18N2O3S. The van der Waals surface area contributed by atoms with Crippen molar-refractivity contribution in [1.29, 1.82) is 0 Å². The lowest BCUT2D eigenvalue weighted by atomic mass is 9.94. The maximum Gasteiger partial charge on any atom is 0.367 e. The van der Waals surface area contributed by atoms with Gasteiger partial charge in [-0.3, -0.25) is 4.79 Å². The van der Waals surface area contributed by atoms with E-state index < -0.39 is 5.97 Å². The van der Waals surface area contributed by atoms with E-state index in [2.05, 4.69) is 22.5 Å². The fourth-order valence-electron chi connectivity index (χ4n) is 2.03. The normalized spacial score (nSPS) is 17.8. The minimum atomic E-state index is -0.478. The van der Waals surface area contributed by atoms with Gasteiger partial charge in [0.15, 0.2) is 0 Å². The summed E-state index contributed by atoms with van der Waals surface area (Å²) in [6.07, 6.45) is 7.50. The number of esters is 1. The first-order chi connectivity index (χ1) is 9.70. The molecule has 108 valence electrons. The zero-order valence-corrected chi connectivity index (χ0v) is 12.2. The van der Waals surface area contributed by atoms with Crippen molar-refractivity contribution in [2.45, 2.75) is 26.2 Å². The maximum absolute atomic E-state index is 11.9. The molecule has 1 aliphatic carbocycles. The topological polar surface area (TPSA) is 68.3 Å². The molecule has 0 saturated carbocycles. The van der Waals surface area contributed by atoms with Gasteiger partial charge in [-0.1, -0.05) is 12.2 Å². The van der Waals surface area contributed by atoms with Gasteiger partial charge in [0.05, 0.1) is 6.61 Å². The molecular weight excluding hydrogens is 276 g/mol. The Kier molecular flexibility index (Phi) is 5.29. The number of carbonyl (C=O) groups is 2. The van der Waals surface area contributed by atoms with Crippen LogP contribution in [0.4, 0.5) is 0 Å². The molecule has 1 aromatic rings. The van der Waals surface area contributed by atoms with Crippen molar-refractivity contribution in [2.24, 2.45) is 5.92 Å². The van der Waals surface area contributed by atoms with Crippen molar-refractivity contribution < 1.29 is 14.3 Å². The van der Waals surface area contributed by atoms with Gasteiger partial charge in [0.2, 0.25) is 5.01 Å². The van der Waals surface area contributed by atoms with Crippen molar-refractivity contribution in [3.8, 4) is 0 Å². The predicted molar refractivity (Wildman–Crippen MR) is 76.9 cm³/mol. The second-order valence-electron chi connectivity index (χ2n) is 4.62. The fraction of sp³-hybridized carbons (Fsp3) is 0.500. The Morgan fingerprint density at radius 1 is 1.50 bits per heavy atom. The Morgan fingerprint density at radius 2 is 2.35 bits per heavy atom. The highest BCUT2D eigenvalue weighted by atomic mass is 32.1. The highest BCUT2D eigenvalue weighted by Gasteiger charge is 2.17. The van der Waals surface area contributed by atoms with Crippen LogP contribution in [0.2, 0.25) is 0 Å². The van der Waals surface area contributed by atoms with E-state index in [4.69, 9.17) is 4.74 Å². The maximum atomic E-state index is 11.9. The number of rotatable bonds is 5. The lowest BCUT2D eigenvalue weighted by Crippen LogP contribution is -2.30. The zero-order valence-electron chi connectivity index (χ0n) is 11.4. The van der Waals surface area contributed by atoms with Crippen molar-refractivity contribution in [3.63, 3.8) is 0 Å². The number of ether oxygens (including phenoxy) is 1. The average Bonchev–Trinajstić information content (AvgIpc) is 2.96. The molecule has 0 aliphatic heterocycles. The molecule has 6 heteroatoms. The first-order valence-electron chi connectivity index (χ1n) is 6.76. The quantitative estimate of drug-likeness (QED) is 0.669. The summed E-state index contributed by atoms with van der Waals surface area (Å²) >= 11 is 1.13. The molecule has 2 rings (SSSR count). The number of allylic oxidation sites excluding steroid dienone is 2. The van der Waals surface area contributed by atoms with E-state index in [0.717, 1.165) is 30.6 Å². The molecule has 1 aliphatic rings. The zero-order chi connectivity index (χ0) is 14.4. The van der Waals surface area contributed by atoms with E-state index in [-0.39, 0.29) is 16.6 Å². The van der Waals surface area contributed by atoms with Gasteiger partial charge < -0.3 is 10.1 Å². The molecule has 1 amide bonds. The van der Waals surface area contributed by atoms with Crippen LogP contribution in [0.5, 0.6) is 0 Å². The number of thiazole rings is 1. The highest BCUT2D eigenvalue weighted by Crippen LogP contribution is 2.17. The molecule has 1 unspecified atom stereocenters. The molecule has 0 fully saturated rings. The highest BCUT2D eigenvalue weighted by molar-refractivity contribution is 7.11. The van der Waals surface area contributed by atoms with Crippen LogP contribution in [-0.2, 0) is 4.74 Å². The average molecular weight is 294 g/mol. The summed E-state index contributed by atoms with van der Waals surface area (Å²) in [6.45, 7) is 2.68. The fourth-order valence-corrected chi connectivity index (χ4v) is 2.72. The van der Waals surface area contributed by atoms with E-state index in [1.807, 2.05) is 0 Å². The standard InChI is InChI=1S/C14H18N2O3S/c1-2-19-14(18)13-16-11(9-20-13)12(17)15-8-10-6-4-3-5-7-10/h3-4,9-10H,2,5-8H2,1H3,(H,15,17). The van der Waals surface area contributed by atoms with Gasteiger partial charge in [-0.05, 0) is 32.1 Å². The van der Waals surface area contributed by atoms with Gasteiger partial charge in [-0.15, -0.1) is 11.3 Å². The largest absolute Gasteiger partial charge is 0.461 e. The molecule has 0 aromatic carbocycles. The van der Waals surface area contributed by atoms with E-state index in [0.29, 0.717) is 19.1 Å². The van der Waals surface area contributed by atoms with E-state index >= 15 is 0 Å². The molecule has 5 nitrogen and oxygen atoms in total. The van der Waals surface area contributed by atoms with Gasteiger partial charge in [0.1, 0.15) is 5.69 Å². The Morgan fingerprint density at radius 3 is 3.05 bits per heavy atom. The molecule has 1 aromatic heterocycles.